The number of nitrogens with one attached hydrogen (secondary N) is 2. The highest BCUT2D eigenvalue weighted by atomic mass is 32.2. The van der Waals surface area contributed by atoms with Gasteiger partial charge in [-0.3, -0.25) is 19.5 Å². The maximum atomic E-state index is 13.5. The van der Waals surface area contributed by atoms with Crippen molar-refractivity contribution in [1.29, 1.82) is 0 Å². The van der Waals surface area contributed by atoms with E-state index >= 15 is 0 Å². The number of H-pyrrole nitrogens is 1. The molecule has 4 aromatic rings. The number of rotatable bonds is 7. The predicted molar refractivity (Wildman–Crippen MR) is 135 cm³/mol. The zero-order valence-corrected chi connectivity index (χ0v) is 20.8. The zero-order valence-electron chi connectivity index (χ0n) is 19.9. The highest BCUT2D eigenvalue weighted by Crippen LogP contribution is 2.40. The van der Waals surface area contributed by atoms with Gasteiger partial charge < -0.3 is 9.47 Å². The Hall–Kier alpha value is -4.06. The molecule has 0 aliphatic carbocycles. The van der Waals surface area contributed by atoms with E-state index in [1.807, 2.05) is 0 Å². The summed E-state index contributed by atoms with van der Waals surface area (Å²) in [5.41, 5.74) is 1.44. The van der Waals surface area contributed by atoms with Crippen LogP contribution >= 0.6 is 0 Å². The molecule has 0 aliphatic heterocycles. The quantitative estimate of drug-likeness (QED) is 0.355. The number of hydrogen-bond acceptors (Lipinski definition) is 6. The molecule has 0 saturated heterocycles. The minimum absolute atomic E-state index is 0.00858. The van der Waals surface area contributed by atoms with Crippen LogP contribution in [-0.2, 0) is 16.4 Å². The van der Waals surface area contributed by atoms with E-state index in [-0.39, 0.29) is 39.2 Å². The van der Waals surface area contributed by atoms with Crippen LogP contribution in [-0.4, -0.2) is 45.0 Å². The number of nitrogens with zero attached hydrogens (tertiary/aromatic N) is 1. The van der Waals surface area contributed by atoms with E-state index in [4.69, 9.17) is 9.47 Å². The van der Waals surface area contributed by atoms with Crippen molar-refractivity contribution in [2.75, 3.05) is 25.2 Å². The maximum absolute atomic E-state index is 13.5. The van der Waals surface area contributed by atoms with Gasteiger partial charge in [-0.25, -0.2) is 8.42 Å². The lowest BCUT2D eigenvalue weighted by Gasteiger charge is -2.17. The lowest BCUT2D eigenvalue weighted by atomic mass is 9.95. The van der Waals surface area contributed by atoms with E-state index in [1.54, 1.807) is 30.3 Å². The van der Waals surface area contributed by atoms with Gasteiger partial charge >= 0.3 is 6.18 Å². The second kappa shape index (κ2) is 9.77. The molecule has 0 atom stereocenters. The highest BCUT2D eigenvalue weighted by Gasteiger charge is 2.31. The number of fused-ring (bicyclic) bond motifs is 1. The van der Waals surface area contributed by atoms with Gasteiger partial charge in [-0.15, -0.1) is 0 Å². The summed E-state index contributed by atoms with van der Waals surface area (Å²) in [7, 11) is -0.810. The molecule has 0 aliphatic rings. The molecule has 0 amide bonds. The standard InChI is InChI=1S/C25H22F3N3O5S/c1-35-21-9-8-18(24(32)30-21)19-10-15(12-25(26,27)28)23(36-2)20-11-16(13-29-22(19)20)14-4-6-17(7-5-14)31-37(3,33)34/h4-11,13,31H,12H2,1-3H3,(H,30,32). The Balaban J connectivity index is 1.93. The fourth-order valence-corrected chi connectivity index (χ4v) is 4.58. The molecule has 0 radical (unpaired) electrons. The third-order valence-corrected chi connectivity index (χ3v) is 6.11. The van der Waals surface area contributed by atoms with Crippen LogP contribution in [0.2, 0.25) is 0 Å². The lowest BCUT2D eigenvalue weighted by Crippen LogP contribution is -2.14. The van der Waals surface area contributed by atoms with Crippen molar-refractivity contribution < 1.29 is 31.1 Å². The lowest BCUT2D eigenvalue weighted by molar-refractivity contribution is -0.127. The van der Waals surface area contributed by atoms with Crippen LogP contribution in [0.15, 0.2) is 59.5 Å². The Morgan fingerprint density at radius 2 is 1.68 bits per heavy atom. The van der Waals surface area contributed by atoms with Gasteiger partial charge in [0, 0.05) is 39.5 Å². The Morgan fingerprint density at radius 3 is 2.24 bits per heavy atom. The second-order valence-electron chi connectivity index (χ2n) is 8.25. The van der Waals surface area contributed by atoms with Crippen molar-refractivity contribution in [2.24, 2.45) is 0 Å². The Morgan fingerprint density at radius 1 is 0.973 bits per heavy atom. The fraction of sp³-hybridized carbons (Fsp3) is 0.200. The maximum Gasteiger partial charge on any atom is 0.393 e. The Bertz CT molecular complexity index is 1630. The largest absolute Gasteiger partial charge is 0.496 e. The molecule has 0 unspecified atom stereocenters. The van der Waals surface area contributed by atoms with Gasteiger partial charge in [0.1, 0.15) is 5.75 Å². The van der Waals surface area contributed by atoms with Crippen molar-refractivity contribution in [3.05, 3.63) is 70.6 Å². The summed E-state index contributed by atoms with van der Waals surface area (Å²) < 4.78 is 76.1. The second-order valence-corrected chi connectivity index (χ2v) is 10.00. The number of hydrogen-bond donors (Lipinski definition) is 2. The average Bonchev–Trinajstić information content (AvgIpc) is 2.81. The summed E-state index contributed by atoms with van der Waals surface area (Å²) in [4.78, 5) is 19.8. The molecule has 4 rings (SSSR count). The summed E-state index contributed by atoms with van der Waals surface area (Å²) >= 11 is 0. The number of methoxy groups -OCH3 is 2. The minimum Gasteiger partial charge on any atom is -0.496 e. The number of aromatic amines is 1. The van der Waals surface area contributed by atoms with Gasteiger partial charge in [-0.05, 0) is 42.0 Å². The number of alkyl halides is 3. The first-order chi connectivity index (χ1) is 17.4. The monoisotopic (exact) mass is 533 g/mol. The molecule has 12 heteroatoms. The van der Waals surface area contributed by atoms with E-state index < -0.39 is 28.2 Å². The van der Waals surface area contributed by atoms with Crippen LogP contribution in [0.4, 0.5) is 18.9 Å². The summed E-state index contributed by atoms with van der Waals surface area (Å²) in [6.45, 7) is 0. The van der Waals surface area contributed by atoms with Crippen molar-refractivity contribution in [3.63, 3.8) is 0 Å². The van der Waals surface area contributed by atoms with Gasteiger partial charge in [0.25, 0.3) is 5.56 Å². The van der Waals surface area contributed by atoms with Gasteiger partial charge in [-0.2, -0.15) is 13.2 Å². The molecule has 2 N–H and O–H groups in total. The first-order valence-electron chi connectivity index (χ1n) is 10.8. The number of aromatic nitrogens is 2. The third-order valence-electron chi connectivity index (χ3n) is 5.51. The summed E-state index contributed by atoms with van der Waals surface area (Å²) in [6.07, 6.45) is -3.25. The van der Waals surface area contributed by atoms with Gasteiger partial charge in [-0.1, -0.05) is 12.1 Å². The van der Waals surface area contributed by atoms with Crippen LogP contribution in [0.1, 0.15) is 5.56 Å². The van der Waals surface area contributed by atoms with Crippen molar-refractivity contribution >= 4 is 26.6 Å². The smallest absolute Gasteiger partial charge is 0.393 e. The zero-order chi connectivity index (χ0) is 27.0. The normalized spacial score (nSPS) is 11.9. The number of pyridine rings is 2. The van der Waals surface area contributed by atoms with Crippen molar-refractivity contribution in [1.82, 2.24) is 9.97 Å². The van der Waals surface area contributed by atoms with Crippen LogP contribution in [0.3, 0.4) is 0 Å². The van der Waals surface area contributed by atoms with E-state index in [1.165, 1.54) is 38.6 Å². The number of ether oxygens (including phenoxy) is 2. The molecule has 0 bridgehead atoms. The van der Waals surface area contributed by atoms with E-state index in [2.05, 4.69) is 14.7 Å². The summed E-state index contributed by atoms with van der Waals surface area (Å²) in [6, 6.07) is 12.3. The molecule has 2 aromatic heterocycles. The van der Waals surface area contributed by atoms with Crippen LogP contribution < -0.4 is 19.8 Å². The fourth-order valence-electron chi connectivity index (χ4n) is 4.02. The topological polar surface area (TPSA) is 110 Å². The van der Waals surface area contributed by atoms with Gasteiger partial charge in [0.2, 0.25) is 10.0 Å². The van der Waals surface area contributed by atoms with Crippen LogP contribution in [0.5, 0.6) is 11.6 Å². The Kier molecular flexibility index (Phi) is 6.87. The van der Waals surface area contributed by atoms with Crippen molar-refractivity contribution in [2.45, 2.75) is 12.6 Å². The molecule has 8 nitrogen and oxygen atoms in total. The first-order valence-corrected chi connectivity index (χ1v) is 12.7. The highest BCUT2D eigenvalue weighted by molar-refractivity contribution is 7.92. The van der Waals surface area contributed by atoms with Crippen LogP contribution in [0.25, 0.3) is 33.2 Å². The molecular weight excluding hydrogens is 511 g/mol. The minimum atomic E-state index is -4.53. The number of halogens is 3. The summed E-state index contributed by atoms with van der Waals surface area (Å²) in [5.74, 6) is 0.192. The number of anilines is 1. The summed E-state index contributed by atoms with van der Waals surface area (Å²) in [5, 5.41) is 0.283. The van der Waals surface area contributed by atoms with Crippen LogP contribution in [0, 0.1) is 0 Å². The third kappa shape index (κ3) is 5.85. The molecule has 194 valence electrons. The number of sulfonamides is 1. The number of benzene rings is 2. The molecule has 0 spiro atoms. The van der Waals surface area contributed by atoms with Gasteiger partial charge in [0.05, 0.1) is 32.4 Å². The molecular formula is C25H22F3N3O5S. The predicted octanol–water partition coefficient (Wildman–Crippen LogP) is 4.75. The molecule has 2 aromatic carbocycles. The van der Waals surface area contributed by atoms with E-state index in [9.17, 15) is 26.4 Å². The van der Waals surface area contributed by atoms with E-state index in [0.29, 0.717) is 16.8 Å². The SMILES string of the molecule is COc1ccc(-c2cc(CC(F)(F)F)c(OC)c3cc(-c4ccc(NS(C)(=O)=O)cc4)cnc23)c(=O)[nH]1. The Labute approximate surface area is 210 Å². The molecule has 2 heterocycles. The van der Waals surface area contributed by atoms with Gasteiger partial charge in [0.15, 0.2) is 5.88 Å². The first kappa shape index (κ1) is 26.0. The molecule has 37 heavy (non-hydrogen) atoms. The van der Waals surface area contributed by atoms with E-state index in [0.717, 1.165) is 6.26 Å². The average molecular weight is 534 g/mol. The van der Waals surface area contributed by atoms with Crippen molar-refractivity contribution in [3.8, 4) is 33.9 Å². The molecule has 0 saturated carbocycles. The molecule has 0 fully saturated rings.